The molecular weight excluding hydrogens is 314 g/mol. The van der Waals surface area contributed by atoms with Crippen LogP contribution in [0.15, 0.2) is 43.0 Å². The zero-order valence-electron chi connectivity index (χ0n) is 14.3. The van der Waals surface area contributed by atoms with Gasteiger partial charge < -0.3 is 9.14 Å². The van der Waals surface area contributed by atoms with Gasteiger partial charge in [-0.3, -0.25) is 9.58 Å². The normalized spacial score (nSPS) is 18.5. The lowest BCUT2D eigenvalue weighted by atomic mass is 10.1. The van der Waals surface area contributed by atoms with Gasteiger partial charge in [-0.2, -0.15) is 10.4 Å². The quantitative estimate of drug-likeness (QED) is 0.735. The van der Waals surface area contributed by atoms with Crippen LogP contribution in [0.3, 0.4) is 0 Å². The number of hydrogen-bond donors (Lipinski definition) is 0. The molecule has 6 nitrogen and oxygen atoms in total. The Kier molecular flexibility index (Phi) is 4.26. The Morgan fingerprint density at radius 3 is 3.08 bits per heavy atom. The van der Waals surface area contributed by atoms with Gasteiger partial charge in [-0.05, 0) is 19.1 Å². The molecule has 0 radical (unpaired) electrons. The standard InChI is InChI=1S/C19H21N5O/c1-2-24-13-15(10-21-24)19-14-22(7-8-25-19)11-16-12-23-6-4-3-5-18(23)17(16)9-20/h3-6,10,12-13,19H,2,7-8,11,14H2,1H3. The summed E-state index contributed by atoms with van der Waals surface area (Å²) in [4.78, 5) is 2.35. The van der Waals surface area contributed by atoms with E-state index in [1.54, 1.807) is 0 Å². The second-order valence-corrected chi connectivity index (χ2v) is 6.36. The largest absolute Gasteiger partial charge is 0.371 e. The number of nitriles is 1. The van der Waals surface area contributed by atoms with Gasteiger partial charge in [0.25, 0.3) is 0 Å². The fourth-order valence-electron chi connectivity index (χ4n) is 3.43. The third-order valence-corrected chi connectivity index (χ3v) is 4.77. The van der Waals surface area contributed by atoms with E-state index in [1.807, 2.05) is 39.7 Å². The van der Waals surface area contributed by atoms with Crippen LogP contribution >= 0.6 is 0 Å². The van der Waals surface area contributed by atoms with E-state index in [9.17, 15) is 5.26 Å². The molecule has 1 atom stereocenters. The molecular formula is C19H21N5O. The number of nitrogens with zero attached hydrogens (tertiary/aromatic N) is 5. The molecule has 4 heterocycles. The molecule has 0 aliphatic carbocycles. The summed E-state index contributed by atoms with van der Waals surface area (Å²) in [6, 6.07) is 8.31. The van der Waals surface area contributed by atoms with Gasteiger partial charge in [-0.1, -0.05) is 6.07 Å². The molecule has 1 unspecified atom stereocenters. The molecule has 4 rings (SSSR count). The SMILES string of the molecule is CCn1cc(C2CN(Cc3cn4ccccc4c3C#N)CCO2)cn1. The molecule has 1 saturated heterocycles. The lowest BCUT2D eigenvalue weighted by molar-refractivity contribution is -0.0329. The zero-order chi connectivity index (χ0) is 17.2. The van der Waals surface area contributed by atoms with Gasteiger partial charge >= 0.3 is 0 Å². The van der Waals surface area contributed by atoms with Crippen molar-refractivity contribution in [3.05, 3.63) is 59.7 Å². The first-order valence-electron chi connectivity index (χ1n) is 8.63. The Bertz CT molecular complexity index is 919. The Morgan fingerprint density at radius 2 is 2.28 bits per heavy atom. The minimum Gasteiger partial charge on any atom is -0.371 e. The fourth-order valence-corrected chi connectivity index (χ4v) is 3.43. The highest BCUT2D eigenvalue weighted by Gasteiger charge is 2.24. The van der Waals surface area contributed by atoms with Crippen LogP contribution in [-0.4, -0.2) is 38.8 Å². The average Bonchev–Trinajstić information content (AvgIpc) is 3.26. The third kappa shape index (κ3) is 3.04. The molecule has 3 aromatic heterocycles. The van der Waals surface area contributed by atoms with Crippen LogP contribution < -0.4 is 0 Å². The number of aryl methyl sites for hydroxylation is 1. The molecule has 1 fully saturated rings. The summed E-state index contributed by atoms with van der Waals surface area (Å²) in [5.41, 5.74) is 3.92. The van der Waals surface area contributed by atoms with E-state index in [4.69, 9.17) is 4.74 Å². The highest BCUT2D eigenvalue weighted by Crippen LogP contribution is 2.25. The van der Waals surface area contributed by atoms with Crippen molar-refractivity contribution in [2.75, 3.05) is 19.7 Å². The maximum atomic E-state index is 9.58. The van der Waals surface area contributed by atoms with Crippen LogP contribution in [0.25, 0.3) is 5.52 Å². The summed E-state index contributed by atoms with van der Waals surface area (Å²) >= 11 is 0. The monoisotopic (exact) mass is 335 g/mol. The van der Waals surface area contributed by atoms with Crippen LogP contribution in [0.1, 0.15) is 29.7 Å². The molecule has 1 aliphatic heterocycles. The number of ether oxygens (including phenoxy) is 1. The van der Waals surface area contributed by atoms with E-state index in [1.165, 1.54) is 0 Å². The minimum absolute atomic E-state index is 0.0385. The first-order chi connectivity index (χ1) is 12.3. The molecule has 0 aromatic carbocycles. The molecule has 0 N–H and O–H groups in total. The Labute approximate surface area is 146 Å². The Balaban J connectivity index is 1.54. The van der Waals surface area contributed by atoms with E-state index in [2.05, 4.69) is 35.4 Å². The fraction of sp³-hybridized carbons (Fsp3) is 0.368. The molecule has 6 heteroatoms. The Morgan fingerprint density at radius 1 is 1.36 bits per heavy atom. The summed E-state index contributed by atoms with van der Waals surface area (Å²) < 4.78 is 9.89. The first-order valence-corrected chi connectivity index (χ1v) is 8.63. The molecule has 0 bridgehead atoms. The van der Waals surface area contributed by atoms with Gasteiger partial charge in [0.15, 0.2) is 0 Å². The number of morpholine rings is 1. The number of hydrogen-bond acceptors (Lipinski definition) is 4. The molecule has 0 spiro atoms. The molecule has 0 amide bonds. The van der Waals surface area contributed by atoms with E-state index in [0.29, 0.717) is 6.61 Å². The molecule has 0 saturated carbocycles. The van der Waals surface area contributed by atoms with Crippen LogP contribution in [0.2, 0.25) is 0 Å². The van der Waals surface area contributed by atoms with Crippen LogP contribution in [-0.2, 0) is 17.8 Å². The van der Waals surface area contributed by atoms with Crippen LogP contribution in [0.4, 0.5) is 0 Å². The summed E-state index contributed by atoms with van der Waals surface area (Å²) in [7, 11) is 0. The number of aromatic nitrogens is 3. The summed E-state index contributed by atoms with van der Waals surface area (Å²) in [5, 5.41) is 13.9. The van der Waals surface area contributed by atoms with Gasteiger partial charge in [0.2, 0.25) is 0 Å². The van der Waals surface area contributed by atoms with Gasteiger partial charge in [0.05, 0.1) is 30.0 Å². The number of pyridine rings is 1. The lowest BCUT2D eigenvalue weighted by Crippen LogP contribution is -2.37. The summed E-state index contributed by atoms with van der Waals surface area (Å²) in [5.74, 6) is 0. The highest BCUT2D eigenvalue weighted by atomic mass is 16.5. The predicted molar refractivity (Wildman–Crippen MR) is 94.0 cm³/mol. The topological polar surface area (TPSA) is 58.5 Å². The van der Waals surface area contributed by atoms with Gasteiger partial charge in [-0.15, -0.1) is 0 Å². The molecule has 128 valence electrons. The summed E-state index contributed by atoms with van der Waals surface area (Å²) in [6.07, 6.45) is 8.04. The van der Waals surface area contributed by atoms with Crippen molar-refractivity contribution in [2.45, 2.75) is 26.1 Å². The number of rotatable bonds is 4. The third-order valence-electron chi connectivity index (χ3n) is 4.77. The Hall–Kier alpha value is -2.62. The van der Waals surface area contributed by atoms with E-state index >= 15 is 0 Å². The average molecular weight is 335 g/mol. The van der Waals surface area contributed by atoms with Crippen molar-refractivity contribution in [3.8, 4) is 6.07 Å². The van der Waals surface area contributed by atoms with E-state index < -0.39 is 0 Å². The second-order valence-electron chi connectivity index (χ2n) is 6.36. The van der Waals surface area contributed by atoms with Crippen molar-refractivity contribution in [1.82, 2.24) is 19.1 Å². The highest BCUT2D eigenvalue weighted by molar-refractivity contribution is 5.65. The first kappa shape index (κ1) is 15.9. The van der Waals surface area contributed by atoms with Crippen molar-refractivity contribution in [3.63, 3.8) is 0 Å². The van der Waals surface area contributed by atoms with Gasteiger partial charge in [0, 0.05) is 55.9 Å². The maximum absolute atomic E-state index is 9.58. The van der Waals surface area contributed by atoms with Gasteiger partial charge in [-0.25, -0.2) is 0 Å². The van der Waals surface area contributed by atoms with Crippen molar-refractivity contribution >= 4 is 5.52 Å². The van der Waals surface area contributed by atoms with Crippen molar-refractivity contribution < 1.29 is 4.74 Å². The van der Waals surface area contributed by atoms with Crippen LogP contribution in [0.5, 0.6) is 0 Å². The van der Waals surface area contributed by atoms with Gasteiger partial charge in [0.1, 0.15) is 6.07 Å². The van der Waals surface area contributed by atoms with Crippen molar-refractivity contribution in [1.29, 1.82) is 5.26 Å². The smallest absolute Gasteiger partial charge is 0.102 e. The lowest BCUT2D eigenvalue weighted by Gasteiger charge is -2.32. The van der Waals surface area contributed by atoms with E-state index in [-0.39, 0.29) is 6.10 Å². The predicted octanol–water partition coefficient (Wildman–Crippen LogP) is 2.60. The van der Waals surface area contributed by atoms with Crippen molar-refractivity contribution in [2.24, 2.45) is 0 Å². The molecule has 3 aromatic rings. The number of fused-ring (bicyclic) bond motifs is 1. The van der Waals surface area contributed by atoms with E-state index in [0.717, 1.165) is 48.4 Å². The van der Waals surface area contributed by atoms with Crippen LogP contribution in [0, 0.1) is 11.3 Å². The molecule has 25 heavy (non-hydrogen) atoms. The second kappa shape index (κ2) is 6.71. The zero-order valence-corrected chi connectivity index (χ0v) is 14.3. The summed E-state index contributed by atoms with van der Waals surface area (Å²) in [6.45, 7) is 6.07. The molecule has 1 aliphatic rings. The minimum atomic E-state index is 0.0385. The maximum Gasteiger partial charge on any atom is 0.102 e.